The molecule has 0 bridgehead atoms. The average molecular weight is 333 g/mol. The normalized spacial score (nSPS) is 10.6. The lowest BCUT2D eigenvalue weighted by atomic mass is 10.1. The molecule has 0 saturated heterocycles. The topological polar surface area (TPSA) is 47.6 Å². The zero-order chi connectivity index (χ0) is 16.4. The standard InChI is InChI=1S/C15H21F2NO3S/c1-3-22-9-7-14(19)18-8-6-11-4-5-12(20-2)13(10-11)21-15(16)17/h4-5,10,15H,3,6-9H2,1-2H3,(H,18,19). The first-order chi connectivity index (χ1) is 10.6. The second kappa shape index (κ2) is 10.3. The van der Waals surface area contributed by atoms with E-state index in [4.69, 9.17) is 4.74 Å². The van der Waals surface area contributed by atoms with Crippen LogP contribution in [-0.2, 0) is 11.2 Å². The van der Waals surface area contributed by atoms with E-state index < -0.39 is 6.61 Å². The summed E-state index contributed by atoms with van der Waals surface area (Å²) in [6.45, 7) is -0.401. The van der Waals surface area contributed by atoms with E-state index in [0.717, 1.165) is 17.1 Å². The Labute approximate surface area is 133 Å². The summed E-state index contributed by atoms with van der Waals surface area (Å²) in [6, 6.07) is 4.84. The van der Waals surface area contributed by atoms with E-state index >= 15 is 0 Å². The van der Waals surface area contributed by atoms with Crippen molar-refractivity contribution in [2.75, 3.05) is 25.2 Å². The lowest BCUT2D eigenvalue weighted by molar-refractivity contribution is -0.120. The van der Waals surface area contributed by atoms with Crippen LogP contribution in [0.3, 0.4) is 0 Å². The van der Waals surface area contributed by atoms with Crippen LogP contribution in [0, 0.1) is 0 Å². The molecule has 1 rings (SSSR count). The fourth-order valence-corrected chi connectivity index (χ4v) is 2.43. The zero-order valence-corrected chi connectivity index (χ0v) is 13.6. The smallest absolute Gasteiger partial charge is 0.387 e. The van der Waals surface area contributed by atoms with Crippen LogP contribution in [0.2, 0.25) is 0 Å². The minimum Gasteiger partial charge on any atom is -0.493 e. The largest absolute Gasteiger partial charge is 0.493 e. The van der Waals surface area contributed by atoms with Gasteiger partial charge in [-0.2, -0.15) is 20.5 Å². The highest BCUT2D eigenvalue weighted by atomic mass is 32.2. The summed E-state index contributed by atoms with van der Waals surface area (Å²) in [5, 5.41) is 2.81. The van der Waals surface area contributed by atoms with Gasteiger partial charge >= 0.3 is 6.61 Å². The van der Waals surface area contributed by atoms with Crippen molar-refractivity contribution in [3.05, 3.63) is 23.8 Å². The SMILES string of the molecule is CCSCCC(=O)NCCc1ccc(OC)c(OC(F)F)c1. The van der Waals surface area contributed by atoms with Gasteiger partial charge in [-0.3, -0.25) is 4.79 Å². The maximum Gasteiger partial charge on any atom is 0.387 e. The minimum atomic E-state index is -2.90. The lowest BCUT2D eigenvalue weighted by Crippen LogP contribution is -2.25. The van der Waals surface area contributed by atoms with Crippen molar-refractivity contribution >= 4 is 17.7 Å². The van der Waals surface area contributed by atoms with Crippen LogP contribution in [-0.4, -0.2) is 37.7 Å². The molecule has 0 spiro atoms. The Kier molecular flexibility index (Phi) is 8.65. The Morgan fingerprint density at radius 3 is 2.77 bits per heavy atom. The summed E-state index contributed by atoms with van der Waals surface area (Å²) in [7, 11) is 1.39. The molecule has 1 amide bonds. The Bertz CT molecular complexity index is 472. The Morgan fingerprint density at radius 1 is 1.36 bits per heavy atom. The van der Waals surface area contributed by atoms with Crippen molar-refractivity contribution in [1.82, 2.24) is 5.32 Å². The number of benzene rings is 1. The molecule has 7 heteroatoms. The fourth-order valence-electron chi connectivity index (χ4n) is 1.81. The van der Waals surface area contributed by atoms with Crippen LogP contribution in [0.4, 0.5) is 8.78 Å². The van der Waals surface area contributed by atoms with Gasteiger partial charge in [0.2, 0.25) is 5.91 Å². The van der Waals surface area contributed by atoms with Gasteiger partial charge in [0.25, 0.3) is 0 Å². The molecular formula is C15H21F2NO3S. The molecule has 0 atom stereocenters. The number of hydrogen-bond donors (Lipinski definition) is 1. The van der Waals surface area contributed by atoms with E-state index in [1.165, 1.54) is 13.2 Å². The summed E-state index contributed by atoms with van der Waals surface area (Å²) < 4.78 is 34.1. The highest BCUT2D eigenvalue weighted by Crippen LogP contribution is 2.29. The molecule has 4 nitrogen and oxygen atoms in total. The van der Waals surface area contributed by atoms with E-state index in [-0.39, 0.29) is 17.4 Å². The number of nitrogens with one attached hydrogen (secondary N) is 1. The molecule has 0 fully saturated rings. The van der Waals surface area contributed by atoms with E-state index in [2.05, 4.69) is 10.1 Å². The van der Waals surface area contributed by atoms with Gasteiger partial charge in [-0.25, -0.2) is 0 Å². The molecule has 0 radical (unpaired) electrons. The molecule has 0 aromatic heterocycles. The molecule has 22 heavy (non-hydrogen) atoms. The Hall–Kier alpha value is -1.50. The number of rotatable bonds is 10. The van der Waals surface area contributed by atoms with Crippen LogP contribution in [0.15, 0.2) is 18.2 Å². The van der Waals surface area contributed by atoms with E-state index in [1.54, 1.807) is 23.9 Å². The Morgan fingerprint density at radius 2 is 2.14 bits per heavy atom. The third-order valence-electron chi connectivity index (χ3n) is 2.86. The number of amides is 1. The lowest BCUT2D eigenvalue weighted by Gasteiger charge is -2.12. The molecular weight excluding hydrogens is 312 g/mol. The number of carbonyl (C=O) groups excluding carboxylic acids is 1. The number of methoxy groups -OCH3 is 1. The van der Waals surface area contributed by atoms with Gasteiger partial charge in [0.15, 0.2) is 11.5 Å². The van der Waals surface area contributed by atoms with Crippen molar-refractivity contribution < 1.29 is 23.0 Å². The van der Waals surface area contributed by atoms with Gasteiger partial charge in [0.1, 0.15) is 0 Å². The number of hydrogen-bond acceptors (Lipinski definition) is 4. The van der Waals surface area contributed by atoms with Crippen molar-refractivity contribution in [1.29, 1.82) is 0 Å². The summed E-state index contributed by atoms with van der Waals surface area (Å²) in [4.78, 5) is 11.6. The summed E-state index contributed by atoms with van der Waals surface area (Å²) >= 11 is 1.72. The monoisotopic (exact) mass is 333 g/mol. The first kappa shape index (κ1) is 18.5. The van der Waals surface area contributed by atoms with Crippen molar-refractivity contribution in [2.24, 2.45) is 0 Å². The van der Waals surface area contributed by atoms with Gasteiger partial charge in [-0.05, 0) is 29.9 Å². The molecule has 0 unspecified atom stereocenters. The van der Waals surface area contributed by atoms with Gasteiger partial charge in [-0.1, -0.05) is 13.0 Å². The second-order valence-electron chi connectivity index (χ2n) is 4.41. The molecule has 1 aromatic rings. The Balaban J connectivity index is 2.47. The molecule has 124 valence electrons. The highest BCUT2D eigenvalue weighted by Gasteiger charge is 2.11. The predicted molar refractivity (Wildman–Crippen MR) is 84.0 cm³/mol. The van der Waals surface area contributed by atoms with Crippen molar-refractivity contribution in [2.45, 2.75) is 26.4 Å². The highest BCUT2D eigenvalue weighted by molar-refractivity contribution is 7.99. The predicted octanol–water partition coefficient (Wildman–Crippen LogP) is 3.10. The van der Waals surface area contributed by atoms with Gasteiger partial charge < -0.3 is 14.8 Å². The minimum absolute atomic E-state index is 0.000623. The maximum absolute atomic E-state index is 12.3. The molecule has 0 heterocycles. The fraction of sp³-hybridized carbons (Fsp3) is 0.533. The van der Waals surface area contributed by atoms with Crippen LogP contribution in [0.25, 0.3) is 0 Å². The molecule has 1 N–H and O–H groups in total. The molecule has 0 aliphatic rings. The van der Waals surface area contributed by atoms with Crippen LogP contribution >= 0.6 is 11.8 Å². The van der Waals surface area contributed by atoms with Crippen LogP contribution < -0.4 is 14.8 Å². The summed E-state index contributed by atoms with van der Waals surface area (Å²) in [6.07, 6.45) is 1.02. The first-order valence-electron chi connectivity index (χ1n) is 7.03. The molecule has 1 aromatic carbocycles. The third-order valence-corrected chi connectivity index (χ3v) is 3.76. The van der Waals surface area contributed by atoms with E-state index in [0.29, 0.717) is 19.4 Å². The number of ether oxygens (including phenoxy) is 2. The van der Waals surface area contributed by atoms with Crippen molar-refractivity contribution in [3.8, 4) is 11.5 Å². The number of thioether (sulfide) groups is 1. The van der Waals surface area contributed by atoms with E-state index in [9.17, 15) is 13.6 Å². The molecule has 0 saturated carbocycles. The quantitative estimate of drug-likeness (QED) is 0.669. The summed E-state index contributed by atoms with van der Waals surface area (Å²) in [5.74, 6) is 2.05. The molecule has 0 aliphatic carbocycles. The first-order valence-corrected chi connectivity index (χ1v) is 8.18. The van der Waals surface area contributed by atoms with Gasteiger partial charge in [-0.15, -0.1) is 0 Å². The number of halogens is 2. The molecule has 0 aliphatic heterocycles. The van der Waals surface area contributed by atoms with Crippen LogP contribution in [0.5, 0.6) is 11.5 Å². The van der Waals surface area contributed by atoms with Gasteiger partial charge in [0, 0.05) is 18.7 Å². The maximum atomic E-state index is 12.3. The number of alkyl halides is 2. The average Bonchev–Trinajstić information content (AvgIpc) is 2.47. The summed E-state index contributed by atoms with van der Waals surface area (Å²) in [5.41, 5.74) is 0.791. The van der Waals surface area contributed by atoms with Crippen molar-refractivity contribution in [3.63, 3.8) is 0 Å². The number of carbonyl (C=O) groups is 1. The van der Waals surface area contributed by atoms with Gasteiger partial charge in [0.05, 0.1) is 7.11 Å². The third kappa shape index (κ3) is 6.98. The second-order valence-corrected chi connectivity index (χ2v) is 5.80. The van der Waals surface area contributed by atoms with Crippen LogP contribution in [0.1, 0.15) is 18.9 Å². The zero-order valence-electron chi connectivity index (χ0n) is 12.7. The van der Waals surface area contributed by atoms with E-state index in [1.807, 2.05) is 6.92 Å².